The second-order valence-electron chi connectivity index (χ2n) is 9.10. The quantitative estimate of drug-likeness (QED) is 0.673. The van der Waals surface area contributed by atoms with Crippen molar-refractivity contribution in [3.8, 4) is 0 Å². The van der Waals surface area contributed by atoms with E-state index in [2.05, 4.69) is 67.5 Å². The summed E-state index contributed by atoms with van der Waals surface area (Å²) in [5.41, 5.74) is 4.55. The van der Waals surface area contributed by atoms with E-state index in [9.17, 15) is 4.79 Å². The molecule has 1 aliphatic carbocycles. The molecular weight excluding hydrogens is 358 g/mol. The molecular formula is C25H29N3O. The highest BCUT2D eigenvalue weighted by molar-refractivity contribution is 5.91. The molecule has 2 aromatic carbocycles. The summed E-state index contributed by atoms with van der Waals surface area (Å²) >= 11 is 0. The molecule has 150 valence electrons. The number of hydrogen-bond acceptors (Lipinski definition) is 2. The Kier molecular flexibility index (Phi) is 5.03. The number of carbonyl (C=O) groups excluding carboxylic acids is 1. The standard InChI is InChI=1S/C25H29N3O/c1-24(2,3)21-8-10-22(11-9-21)25(12-13-25)23(29)27-16-19-6-4-5-7-20(19)17-28-15-14-26-18-28/h4-11,14-15,18H,12-13,16-17H2,1-3H3,(H,27,29). The van der Waals surface area contributed by atoms with Crippen LogP contribution in [0.5, 0.6) is 0 Å². The van der Waals surface area contributed by atoms with Crippen LogP contribution in [0.4, 0.5) is 0 Å². The van der Waals surface area contributed by atoms with Gasteiger partial charge < -0.3 is 9.88 Å². The fourth-order valence-corrected chi connectivity index (χ4v) is 3.87. The predicted molar refractivity (Wildman–Crippen MR) is 116 cm³/mol. The molecule has 0 unspecified atom stereocenters. The third-order valence-electron chi connectivity index (χ3n) is 5.96. The minimum atomic E-state index is -0.351. The van der Waals surface area contributed by atoms with Crippen LogP contribution >= 0.6 is 0 Å². The molecule has 29 heavy (non-hydrogen) atoms. The van der Waals surface area contributed by atoms with Crippen LogP contribution in [-0.2, 0) is 28.7 Å². The lowest BCUT2D eigenvalue weighted by Gasteiger charge is -2.21. The van der Waals surface area contributed by atoms with Crippen molar-refractivity contribution in [3.63, 3.8) is 0 Å². The van der Waals surface area contributed by atoms with Crippen LogP contribution in [0.2, 0.25) is 0 Å². The Morgan fingerprint density at radius 1 is 1.07 bits per heavy atom. The van der Waals surface area contributed by atoms with Gasteiger partial charge in [0, 0.05) is 25.5 Å². The second-order valence-corrected chi connectivity index (χ2v) is 9.10. The molecule has 0 aliphatic heterocycles. The molecule has 4 rings (SSSR count). The third kappa shape index (κ3) is 4.12. The van der Waals surface area contributed by atoms with Crippen molar-refractivity contribution in [3.05, 3.63) is 89.5 Å². The van der Waals surface area contributed by atoms with Gasteiger partial charge in [0.05, 0.1) is 11.7 Å². The van der Waals surface area contributed by atoms with E-state index < -0.39 is 0 Å². The smallest absolute Gasteiger partial charge is 0.230 e. The van der Waals surface area contributed by atoms with Gasteiger partial charge in [0.2, 0.25) is 5.91 Å². The van der Waals surface area contributed by atoms with Crippen molar-refractivity contribution < 1.29 is 4.79 Å². The highest BCUT2D eigenvalue weighted by Crippen LogP contribution is 2.48. The number of aromatic nitrogens is 2. The second kappa shape index (κ2) is 7.51. The first-order chi connectivity index (χ1) is 13.9. The van der Waals surface area contributed by atoms with Gasteiger partial charge in [-0.2, -0.15) is 0 Å². The van der Waals surface area contributed by atoms with Crippen LogP contribution in [-0.4, -0.2) is 15.5 Å². The average molecular weight is 388 g/mol. The number of nitrogens with one attached hydrogen (secondary N) is 1. The van der Waals surface area contributed by atoms with Gasteiger partial charge >= 0.3 is 0 Å². The number of nitrogens with zero attached hydrogens (tertiary/aromatic N) is 2. The highest BCUT2D eigenvalue weighted by Gasteiger charge is 2.51. The summed E-state index contributed by atoms with van der Waals surface area (Å²) in [6.45, 7) is 7.94. The zero-order valence-electron chi connectivity index (χ0n) is 17.5. The van der Waals surface area contributed by atoms with Gasteiger partial charge in [0.1, 0.15) is 0 Å². The Hall–Kier alpha value is -2.88. The summed E-state index contributed by atoms with van der Waals surface area (Å²) in [5, 5.41) is 3.20. The fourth-order valence-electron chi connectivity index (χ4n) is 3.87. The lowest BCUT2D eigenvalue weighted by atomic mass is 9.85. The first-order valence-corrected chi connectivity index (χ1v) is 10.3. The fraction of sp³-hybridized carbons (Fsp3) is 0.360. The van der Waals surface area contributed by atoms with Gasteiger partial charge in [0.25, 0.3) is 0 Å². The Balaban J connectivity index is 1.45. The zero-order chi connectivity index (χ0) is 20.5. The predicted octanol–water partition coefficient (Wildman–Crippen LogP) is 4.58. The molecule has 1 amide bonds. The first-order valence-electron chi connectivity index (χ1n) is 10.3. The molecule has 4 nitrogen and oxygen atoms in total. The number of carbonyl (C=O) groups is 1. The van der Waals surface area contributed by atoms with Gasteiger partial charge in [-0.3, -0.25) is 4.79 Å². The first kappa shape index (κ1) is 19.4. The molecule has 1 heterocycles. The van der Waals surface area contributed by atoms with E-state index in [0.717, 1.165) is 30.5 Å². The Morgan fingerprint density at radius 3 is 2.34 bits per heavy atom. The van der Waals surface area contributed by atoms with E-state index >= 15 is 0 Å². The summed E-state index contributed by atoms with van der Waals surface area (Å²) in [7, 11) is 0. The van der Waals surface area contributed by atoms with Crippen LogP contribution in [0.15, 0.2) is 67.3 Å². The zero-order valence-corrected chi connectivity index (χ0v) is 17.5. The minimum Gasteiger partial charge on any atom is -0.351 e. The normalized spacial score (nSPS) is 15.1. The maximum absolute atomic E-state index is 13.1. The minimum absolute atomic E-state index is 0.121. The van der Waals surface area contributed by atoms with Gasteiger partial charge in [-0.1, -0.05) is 69.3 Å². The Bertz CT molecular complexity index is 978. The molecule has 3 aromatic rings. The van der Waals surface area contributed by atoms with E-state index in [1.807, 2.05) is 29.2 Å². The largest absolute Gasteiger partial charge is 0.351 e. The number of amides is 1. The molecule has 1 aliphatic rings. The molecule has 0 atom stereocenters. The van der Waals surface area contributed by atoms with E-state index in [1.54, 1.807) is 6.20 Å². The van der Waals surface area contributed by atoms with Gasteiger partial charge in [0.15, 0.2) is 0 Å². The van der Waals surface area contributed by atoms with Crippen molar-refractivity contribution in [2.45, 2.75) is 57.5 Å². The van der Waals surface area contributed by atoms with Crippen LogP contribution in [0.1, 0.15) is 55.9 Å². The highest BCUT2D eigenvalue weighted by atomic mass is 16.2. The third-order valence-corrected chi connectivity index (χ3v) is 5.96. The lowest BCUT2D eigenvalue weighted by molar-refractivity contribution is -0.123. The SMILES string of the molecule is CC(C)(C)c1ccc(C2(C(=O)NCc3ccccc3Cn3ccnc3)CC2)cc1. The van der Waals surface area contributed by atoms with E-state index in [-0.39, 0.29) is 16.7 Å². The van der Waals surface area contributed by atoms with Crippen molar-refractivity contribution in [1.82, 2.24) is 14.9 Å². The van der Waals surface area contributed by atoms with Gasteiger partial charge in [-0.05, 0) is 40.5 Å². The molecule has 0 bridgehead atoms. The van der Waals surface area contributed by atoms with Gasteiger partial charge in [-0.15, -0.1) is 0 Å². The van der Waals surface area contributed by atoms with E-state index in [0.29, 0.717) is 6.54 Å². The Morgan fingerprint density at radius 2 is 1.76 bits per heavy atom. The summed E-state index contributed by atoms with van der Waals surface area (Å²) in [6, 6.07) is 16.9. The monoisotopic (exact) mass is 387 g/mol. The summed E-state index contributed by atoms with van der Waals surface area (Å²) < 4.78 is 2.04. The van der Waals surface area contributed by atoms with E-state index in [1.165, 1.54) is 11.1 Å². The van der Waals surface area contributed by atoms with Gasteiger partial charge in [-0.25, -0.2) is 4.98 Å². The molecule has 1 saturated carbocycles. The molecule has 0 saturated heterocycles. The van der Waals surface area contributed by atoms with Crippen molar-refractivity contribution in [2.24, 2.45) is 0 Å². The summed E-state index contributed by atoms with van der Waals surface area (Å²) in [5.74, 6) is 0.137. The maximum Gasteiger partial charge on any atom is 0.230 e. The van der Waals surface area contributed by atoms with Crippen molar-refractivity contribution in [2.75, 3.05) is 0 Å². The van der Waals surface area contributed by atoms with Crippen molar-refractivity contribution >= 4 is 5.91 Å². The number of imidazole rings is 1. The lowest BCUT2D eigenvalue weighted by Crippen LogP contribution is -2.34. The molecule has 0 radical (unpaired) electrons. The Labute approximate surface area is 173 Å². The molecule has 4 heteroatoms. The topological polar surface area (TPSA) is 46.9 Å². The average Bonchev–Trinajstić information content (AvgIpc) is 3.37. The van der Waals surface area contributed by atoms with Crippen LogP contribution in [0.3, 0.4) is 0 Å². The summed E-state index contributed by atoms with van der Waals surface area (Å²) in [6.07, 6.45) is 7.40. The van der Waals surface area contributed by atoms with Crippen LogP contribution < -0.4 is 5.32 Å². The van der Waals surface area contributed by atoms with Crippen LogP contribution in [0, 0.1) is 0 Å². The molecule has 1 fully saturated rings. The number of hydrogen-bond donors (Lipinski definition) is 1. The summed E-state index contributed by atoms with van der Waals surface area (Å²) in [4.78, 5) is 17.2. The molecule has 1 aromatic heterocycles. The maximum atomic E-state index is 13.1. The number of rotatable bonds is 6. The molecule has 1 N–H and O–H groups in total. The van der Waals surface area contributed by atoms with Crippen molar-refractivity contribution in [1.29, 1.82) is 0 Å². The molecule has 0 spiro atoms. The van der Waals surface area contributed by atoms with Crippen LogP contribution in [0.25, 0.3) is 0 Å². The number of benzene rings is 2. The van der Waals surface area contributed by atoms with E-state index in [4.69, 9.17) is 0 Å².